The second-order valence-corrected chi connectivity index (χ2v) is 8.17. The molecule has 0 aliphatic heterocycles. The maximum absolute atomic E-state index is 12.2. The van der Waals surface area contributed by atoms with Crippen LogP contribution in [0.5, 0.6) is 11.5 Å². The Hall–Kier alpha value is -3.80. The van der Waals surface area contributed by atoms with Crippen LogP contribution in [0, 0.1) is 0 Å². The zero-order valence-electron chi connectivity index (χ0n) is 19.6. The number of nitrogens with one attached hydrogen (secondary N) is 1. The number of hydrogen-bond donors (Lipinski definition) is 1. The number of nitrogens with zero attached hydrogens (tertiary/aromatic N) is 2. The first-order chi connectivity index (χ1) is 16.7. The smallest absolute Gasteiger partial charge is 0.224 e. The molecule has 0 atom stereocenters. The van der Waals surface area contributed by atoms with Crippen LogP contribution in [0.3, 0.4) is 0 Å². The molecule has 0 aliphatic rings. The fourth-order valence-electron chi connectivity index (χ4n) is 3.99. The first-order valence-electron chi connectivity index (χ1n) is 11.7. The third kappa shape index (κ3) is 6.38. The van der Waals surface area contributed by atoms with Gasteiger partial charge in [0, 0.05) is 25.6 Å². The van der Waals surface area contributed by atoms with Crippen molar-refractivity contribution in [2.45, 2.75) is 32.2 Å². The molecule has 4 rings (SSSR count). The topological polar surface area (TPSA) is 65.4 Å². The van der Waals surface area contributed by atoms with Crippen molar-refractivity contribution in [1.82, 2.24) is 14.9 Å². The van der Waals surface area contributed by atoms with Gasteiger partial charge in [-0.05, 0) is 42.7 Å². The van der Waals surface area contributed by atoms with E-state index < -0.39 is 0 Å². The van der Waals surface area contributed by atoms with Gasteiger partial charge in [-0.2, -0.15) is 0 Å². The van der Waals surface area contributed by atoms with Gasteiger partial charge in [-0.1, -0.05) is 48.5 Å². The highest BCUT2D eigenvalue weighted by Gasteiger charge is 2.11. The summed E-state index contributed by atoms with van der Waals surface area (Å²) in [6.07, 6.45) is 2.91. The number of carbonyl (C=O) groups excluding carboxylic acids is 1. The summed E-state index contributed by atoms with van der Waals surface area (Å²) in [7, 11) is 1.65. The van der Waals surface area contributed by atoms with Gasteiger partial charge >= 0.3 is 0 Å². The minimum atomic E-state index is 0.0504. The van der Waals surface area contributed by atoms with E-state index in [-0.39, 0.29) is 5.91 Å². The third-order valence-electron chi connectivity index (χ3n) is 5.68. The second kappa shape index (κ2) is 11.9. The Morgan fingerprint density at radius 3 is 2.59 bits per heavy atom. The third-order valence-corrected chi connectivity index (χ3v) is 5.68. The van der Waals surface area contributed by atoms with Crippen LogP contribution in [-0.4, -0.2) is 35.7 Å². The molecule has 34 heavy (non-hydrogen) atoms. The van der Waals surface area contributed by atoms with Gasteiger partial charge in [-0.15, -0.1) is 0 Å². The molecule has 176 valence electrons. The van der Waals surface area contributed by atoms with E-state index in [1.165, 1.54) is 0 Å². The van der Waals surface area contributed by atoms with Crippen molar-refractivity contribution in [2.24, 2.45) is 0 Å². The maximum atomic E-state index is 12.2. The van der Waals surface area contributed by atoms with Crippen LogP contribution < -0.4 is 14.8 Å². The highest BCUT2D eigenvalue weighted by Crippen LogP contribution is 2.20. The predicted octanol–water partition coefficient (Wildman–Crippen LogP) is 4.81. The summed E-state index contributed by atoms with van der Waals surface area (Å²) < 4.78 is 13.4. The van der Waals surface area contributed by atoms with E-state index in [1.807, 2.05) is 72.8 Å². The number of aryl methyl sites for hydroxylation is 2. The number of fused-ring (bicyclic) bond motifs is 1. The zero-order valence-corrected chi connectivity index (χ0v) is 19.6. The Bertz CT molecular complexity index is 1200. The van der Waals surface area contributed by atoms with E-state index in [0.717, 1.165) is 59.7 Å². The molecule has 0 saturated heterocycles. The van der Waals surface area contributed by atoms with Crippen LogP contribution in [0.25, 0.3) is 11.0 Å². The molecule has 6 heteroatoms. The number of benzene rings is 3. The van der Waals surface area contributed by atoms with Crippen LogP contribution in [-0.2, 0) is 24.2 Å². The molecule has 1 amide bonds. The lowest BCUT2D eigenvalue weighted by atomic mass is 10.1. The molecule has 0 bridgehead atoms. The largest absolute Gasteiger partial charge is 0.497 e. The average Bonchev–Trinajstić information content (AvgIpc) is 3.22. The van der Waals surface area contributed by atoms with Crippen molar-refractivity contribution < 1.29 is 14.3 Å². The highest BCUT2D eigenvalue weighted by molar-refractivity contribution is 5.78. The first kappa shape index (κ1) is 23.4. The van der Waals surface area contributed by atoms with Crippen molar-refractivity contribution in [2.75, 3.05) is 20.3 Å². The van der Waals surface area contributed by atoms with Gasteiger partial charge in [0.25, 0.3) is 0 Å². The SMILES string of the molecule is COc1cccc(OCCCn2c(CCCNC(=O)Cc3ccccc3)nc3ccccc32)c1. The minimum Gasteiger partial charge on any atom is -0.497 e. The van der Waals surface area contributed by atoms with E-state index in [9.17, 15) is 4.79 Å². The molecular weight excluding hydrogens is 426 g/mol. The zero-order chi connectivity index (χ0) is 23.6. The number of carbonyl (C=O) groups is 1. The standard InChI is InChI=1S/C28H31N3O3/c1-33-23-12-7-13-24(21-23)34-19-9-18-31-26-15-6-5-14-25(26)30-27(31)16-8-17-29-28(32)20-22-10-3-2-4-11-22/h2-7,10-15,21H,8-9,16-20H2,1H3,(H,29,32). The lowest BCUT2D eigenvalue weighted by molar-refractivity contribution is -0.120. The lowest BCUT2D eigenvalue weighted by Crippen LogP contribution is -2.26. The number of methoxy groups -OCH3 is 1. The molecule has 1 aromatic heterocycles. The number of amides is 1. The van der Waals surface area contributed by atoms with E-state index in [4.69, 9.17) is 14.5 Å². The van der Waals surface area contributed by atoms with Gasteiger partial charge in [-0.25, -0.2) is 4.98 Å². The molecule has 4 aromatic rings. The van der Waals surface area contributed by atoms with Crippen LogP contribution in [0.4, 0.5) is 0 Å². The molecule has 0 spiro atoms. The Balaban J connectivity index is 1.29. The van der Waals surface area contributed by atoms with Gasteiger partial charge in [0.15, 0.2) is 0 Å². The number of para-hydroxylation sites is 2. The Morgan fingerprint density at radius 1 is 0.941 bits per heavy atom. The summed E-state index contributed by atoms with van der Waals surface area (Å²) in [5.74, 6) is 2.69. The summed E-state index contributed by atoms with van der Waals surface area (Å²) in [5.41, 5.74) is 3.16. The summed E-state index contributed by atoms with van der Waals surface area (Å²) in [5, 5.41) is 3.03. The molecule has 1 heterocycles. The van der Waals surface area contributed by atoms with Crippen molar-refractivity contribution >= 4 is 16.9 Å². The van der Waals surface area contributed by atoms with Crippen LogP contribution in [0.2, 0.25) is 0 Å². The van der Waals surface area contributed by atoms with E-state index >= 15 is 0 Å². The molecule has 1 N–H and O–H groups in total. The van der Waals surface area contributed by atoms with Gasteiger partial charge < -0.3 is 19.4 Å². The number of rotatable bonds is 12. The average molecular weight is 458 g/mol. The summed E-state index contributed by atoms with van der Waals surface area (Å²) in [6, 6.07) is 25.7. The van der Waals surface area contributed by atoms with Crippen molar-refractivity contribution in [3.8, 4) is 11.5 Å². The molecule has 3 aromatic carbocycles. The van der Waals surface area contributed by atoms with Gasteiger partial charge in [0.05, 0.1) is 31.2 Å². The van der Waals surface area contributed by atoms with E-state index in [0.29, 0.717) is 19.6 Å². The van der Waals surface area contributed by atoms with Gasteiger partial charge in [0.1, 0.15) is 17.3 Å². The molecule has 0 unspecified atom stereocenters. The van der Waals surface area contributed by atoms with Crippen LogP contribution in [0.1, 0.15) is 24.2 Å². The maximum Gasteiger partial charge on any atom is 0.224 e. The van der Waals surface area contributed by atoms with Gasteiger partial charge in [-0.3, -0.25) is 4.79 Å². The van der Waals surface area contributed by atoms with E-state index in [1.54, 1.807) is 7.11 Å². The van der Waals surface area contributed by atoms with Crippen molar-refractivity contribution in [1.29, 1.82) is 0 Å². The number of ether oxygens (including phenoxy) is 2. The molecular formula is C28H31N3O3. The minimum absolute atomic E-state index is 0.0504. The highest BCUT2D eigenvalue weighted by atomic mass is 16.5. The molecule has 0 saturated carbocycles. The summed E-state index contributed by atoms with van der Waals surface area (Å²) >= 11 is 0. The second-order valence-electron chi connectivity index (χ2n) is 8.17. The normalized spacial score (nSPS) is 10.9. The Kier molecular flexibility index (Phi) is 8.17. The summed E-state index contributed by atoms with van der Waals surface area (Å²) in [4.78, 5) is 17.1. The lowest BCUT2D eigenvalue weighted by Gasteiger charge is -2.11. The quantitative estimate of drug-likeness (QED) is 0.310. The molecule has 6 nitrogen and oxygen atoms in total. The Labute approximate surface area is 200 Å². The molecule has 0 radical (unpaired) electrons. The van der Waals surface area contributed by atoms with Gasteiger partial charge in [0.2, 0.25) is 5.91 Å². The van der Waals surface area contributed by atoms with Crippen LogP contribution in [0.15, 0.2) is 78.9 Å². The fraction of sp³-hybridized carbons (Fsp3) is 0.286. The predicted molar refractivity (Wildman–Crippen MR) is 134 cm³/mol. The van der Waals surface area contributed by atoms with E-state index in [2.05, 4.69) is 16.0 Å². The number of aromatic nitrogens is 2. The number of imidazole rings is 1. The molecule has 0 fully saturated rings. The summed E-state index contributed by atoms with van der Waals surface area (Å²) in [6.45, 7) is 2.06. The first-order valence-corrected chi connectivity index (χ1v) is 11.7. The van der Waals surface area contributed by atoms with Crippen LogP contribution >= 0.6 is 0 Å². The molecule has 0 aliphatic carbocycles. The number of hydrogen-bond acceptors (Lipinski definition) is 4. The Morgan fingerprint density at radius 2 is 1.74 bits per heavy atom. The monoisotopic (exact) mass is 457 g/mol. The van der Waals surface area contributed by atoms with Crippen molar-refractivity contribution in [3.05, 3.63) is 90.3 Å². The van der Waals surface area contributed by atoms with Crippen molar-refractivity contribution in [3.63, 3.8) is 0 Å². The fourth-order valence-corrected chi connectivity index (χ4v) is 3.99.